The number of halogens is 4. The minimum Gasteiger partial charge on any atom is -0.349 e. The van der Waals surface area contributed by atoms with E-state index in [-0.39, 0.29) is 49.5 Å². The van der Waals surface area contributed by atoms with Gasteiger partial charge in [-0.3, -0.25) is 4.79 Å². The zero-order valence-electron chi connectivity index (χ0n) is 17.6. The van der Waals surface area contributed by atoms with Crippen LogP contribution in [0.25, 0.3) is 5.65 Å². The van der Waals surface area contributed by atoms with Crippen molar-refractivity contribution in [1.82, 2.24) is 19.9 Å². The lowest BCUT2D eigenvalue weighted by Crippen LogP contribution is -2.31. The average Bonchev–Trinajstić information content (AvgIpc) is 3.62. The summed E-state index contributed by atoms with van der Waals surface area (Å²) in [7, 11) is 0. The molecule has 0 aromatic carbocycles. The van der Waals surface area contributed by atoms with Gasteiger partial charge in [0, 0.05) is 31.6 Å². The third-order valence-corrected chi connectivity index (χ3v) is 7.13. The molecule has 3 N–H and O–H groups in total. The smallest absolute Gasteiger partial charge is 0.252 e. The largest absolute Gasteiger partial charge is 0.349 e. The third-order valence-electron chi connectivity index (χ3n) is 7.13. The predicted octanol–water partition coefficient (Wildman–Crippen LogP) is 4.17. The Morgan fingerprint density at radius 1 is 1.19 bits per heavy atom. The first kappa shape index (κ1) is 21.6. The van der Waals surface area contributed by atoms with E-state index in [1.807, 2.05) is 6.07 Å². The van der Waals surface area contributed by atoms with Crippen LogP contribution in [0.1, 0.15) is 74.7 Å². The molecule has 10 heteroatoms. The minimum absolute atomic E-state index is 0.0574. The molecule has 3 aliphatic carbocycles. The average molecular weight is 453 g/mol. The molecule has 0 aliphatic heterocycles. The number of hydrogen-bond acceptors (Lipinski definition) is 4. The van der Waals surface area contributed by atoms with Crippen molar-refractivity contribution in [1.29, 1.82) is 0 Å². The first-order valence-electron chi connectivity index (χ1n) is 11.3. The van der Waals surface area contributed by atoms with Crippen LogP contribution in [-0.4, -0.2) is 32.4 Å². The highest BCUT2D eigenvalue weighted by molar-refractivity contribution is 5.77. The Kier molecular flexibility index (Phi) is 5.18. The number of carbonyl (C=O) groups excluding carboxylic acids is 1. The maximum atomic E-state index is 13.5. The fourth-order valence-electron chi connectivity index (χ4n) is 4.75. The SMILES string of the molecule is N[C@H](c1cn2ncc(C(NC(=O)CC3CC3(F)F)C3CC3)cc2n1)C1CCC(F)(F)CC1. The molecule has 0 bridgehead atoms. The summed E-state index contributed by atoms with van der Waals surface area (Å²) >= 11 is 0. The fraction of sp³-hybridized carbons (Fsp3) is 0.682. The summed E-state index contributed by atoms with van der Waals surface area (Å²) in [5, 5.41) is 7.31. The summed E-state index contributed by atoms with van der Waals surface area (Å²) < 4.78 is 54.8. The number of nitrogens with one attached hydrogen (secondary N) is 1. The molecule has 3 atom stereocenters. The van der Waals surface area contributed by atoms with Crippen LogP contribution in [0.15, 0.2) is 18.5 Å². The second-order valence-corrected chi connectivity index (χ2v) is 9.73. The van der Waals surface area contributed by atoms with E-state index in [1.165, 1.54) is 0 Å². The molecule has 3 fully saturated rings. The van der Waals surface area contributed by atoms with Gasteiger partial charge < -0.3 is 11.1 Å². The number of alkyl halides is 4. The van der Waals surface area contributed by atoms with Gasteiger partial charge in [-0.15, -0.1) is 0 Å². The van der Waals surface area contributed by atoms with Gasteiger partial charge in [-0.25, -0.2) is 27.1 Å². The Labute approximate surface area is 182 Å². The van der Waals surface area contributed by atoms with Crippen LogP contribution in [0.2, 0.25) is 0 Å². The normalized spacial score (nSPS) is 26.6. The lowest BCUT2D eigenvalue weighted by molar-refractivity contribution is -0.123. The molecule has 2 heterocycles. The van der Waals surface area contributed by atoms with Gasteiger partial charge in [0.05, 0.1) is 30.2 Å². The van der Waals surface area contributed by atoms with Crippen molar-refractivity contribution in [2.45, 2.75) is 75.3 Å². The van der Waals surface area contributed by atoms with Crippen molar-refractivity contribution in [3.63, 3.8) is 0 Å². The van der Waals surface area contributed by atoms with Gasteiger partial charge in [0.15, 0.2) is 5.65 Å². The standard InChI is InChI=1S/C22H27F4N5O/c23-21(24)5-3-12(4-6-21)19(27)16-11-31-17(29-16)7-14(10-28-31)20(13-1-2-13)30-18(32)8-15-9-22(15,25)26/h7,10-13,15,19-20H,1-6,8-9,27H2,(H,30,32)/t15?,19-,20?/m0/s1. The highest BCUT2D eigenvalue weighted by Crippen LogP contribution is 2.51. The van der Waals surface area contributed by atoms with Crippen LogP contribution >= 0.6 is 0 Å². The van der Waals surface area contributed by atoms with Crippen molar-refractivity contribution in [2.24, 2.45) is 23.5 Å². The van der Waals surface area contributed by atoms with E-state index in [9.17, 15) is 22.4 Å². The van der Waals surface area contributed by atoms with E-state index >= 15 is 0 Å². The Bertz CT molecular complexity index is 1010. The molecular weight excluding hydrogens is 426 g/mol. The van der Waals surface area contributed by atoms with Crippen molar-refractivity contribution >= 4 is 11.6 Å². The van der Waals surface area contributed by atoms with Crippen LogP contribution in [-0.2, 0) is 4.79 Å². The second kappa shape index (κ2) is 7.67. The van der Waals surface area contributed by atoms with Gasteiger partial charge in [0.2, 0.25) is 11.8 Å². The number of amides is 1. The number of imidazole rings is 1. The molecule has 5 rings (SSSR count). The van der Waals surface area contributed by atoms with E-state index in [2.05, 4.69) is 15.4 Å². The number of fused-ring (bicyclic) bond motifs is 1. The number of nitrogens with two attached hydrogens (primary N) is 1. The topological polar surface area (TPSA) is 85.3 Å². The Morgan fingerprint density at radius 2 is 1.88 bits per heavy atom. The monoisotopic (exact) mass is 453 g/mol. The molecule has 1 amide bonds. The lowest BCUT2D eigenvalue weighted by atomic mass is 9.81. The summed E-state index contributed by atoms with van der Waals surface area (Å²) in [6.45, 7) is 0. The molecule has 2 unspecified atom stereocenters. The molecule has 0 spiro atoms. The van der Waals surface area contributed by atoms with Crippen LogP contribution in [0, 0.1) is 17.8 Å². The Hall–Kier alpha value is -2.23. The number of nitrogens with zero attached hydrogens (tertiary/aromatic N) is 3. The van der Waals surface area contributed by atoms with Gasteiger partial charge in [-0.05, 0) is 49.1 Å². The van der Waals surface area contributed by atoms with E-state index in [0.29, 0.717) is 24.2 Å². The second-order valence-electron chi connectivity index (χ2n) is 9.73. The van der Waals surface area contributed by atoms with Crippen LogP contribution in [0.5, 0.6) is 0 Å². The van der Waals surface area contributed by atoms with Gasteiger partial charge >= 0.3 is 0 Å². The minimum atomic E-state index is -2.72. The zero-order valence-corrected chi connectivity index (χ0v) is 17.6. The highest BCUT2D eigenvalue weighted by Gasteiger charge is 2.57. The van der Waals surface area contributed by atoms with Crippen molar-refractivity contribution < 1.29 is 22.4 Å². The molecule has 32 heavy (non-hydrogen) atoms. The zero-order chi connectivity index (χ0) is 22.7. The maximum Gasteiger partial charge on any atom is 0.252 e. The summed E-state index contributed by atoms with van der Waals surface area (Å²) in [6.07, 6.45) is 5.28. The van der Waals surface area contributed by atoms with Crippen molar-refractivity contribution in [3.8, 4) is 0 Å². The molecule has 2 aromatic rings. The summed E-state index contributed by atoms with van der Waals surface area (Å²) in [4.78, 5) is 16.9. The first-order chi connectivity index (χ1) is 15.1. The summed E-state index contributed by atoms with van der Waals surface area (Å²) in [5.41, 5.74) is 8.29. The van der Waals surface area contributed by atoms with Crippen molar-refractivity contribution in [2.75, 3.05) is 0 Å². The van der Waals surface area contributed by atoms with Gasteiger partial charge in [0.1, 0.15) is 0 Å². The van der Waals surface area contributed by atoms with Crippen LogP contribution < -0.4 is 11.1 Å². The van der Waals surface area contributed by atoms with Crippen molar-refractivity contribution in [3.05, 3.63) is 29.7 Å². The van der Waals surface area contributed by atoms with E-state index in [1.54, 1.807) is 16.9 Å². The number of carbonyl (C=O) groups is 1. The Morgan fingerprint density at radius 3 is 2.50 bits per heavy atom. The van der Waals surface area contributed by atoms with Gasteiger partial charge in [-0.2, -0.15) is 5.10 Å². The van der Waals surface area contributed by atoms with E-state index < -0.39 is 23.8 Å². The molecule has 2 aromatic heterocycles. The summed E-state index contributed by atoms with van der Waals surface area (Å²) in [6, 6.07) is 1.09. The molecule has 3 aliphatic rings. The van der Waals surface area contributed by atoms with Gasteiger partial charge in [-0.1, -0.05) is 0 Å². The number of rotatable bonds is 7. The maximum absolute atomic E-state index is 13.5. The fourth-order valence-corrected chi connectivity index (χ4v) is 4.75. The molecule has 0 saturated heterocycles. The highest BCUT2D eigenvalue weighted by atomic mass is 19.3. The number of aromatic nitrogens is 3. The van der Waals surface area contributed by atoms with Gasteiger partial charge in [0.25, 0.3) is 5.92 Å². The Balaban J connectivity index is 1.30. The third kappa shape index (κ3) is 4.46. The molecule has 174 valence electrons. The van der Waals surface area contributed by atoms with E-state index in [0.717, 1.165) is 18.4 Å². The molecule has 0 radical (unpaired) electrons. The number of hydrogen-bond donors (Lipinski definition) is 2. The van der Waals surface area contributed by atoms with Crippen LogP contribution in [0.4, 0.5) is 17.6 Å². The molecule has 6 nitrogen and oxygen atoms in total. The molecular formula is C22H27F4N5O. The summed E-state index contributed by atoms with van der Waals surface area (Å²) in [5.74, 6) is -6.36. The van der Waals surface area contributed by atoms with E-state index in [4.69, 9.17) is 5.73 Å². The lowest BCUT2D eigenvalue weighted by Gasteiger charge is -2.31. The quantitative estimate of drug-likeness (QED) is 0.617. The predicted molar refractivity (Wildman–Crippen MR) is 108 cm³/mol. The first-order valence-corrected chi connectivity index (χ1v) is 11.3. The van der Waals surface area contributed by atoms with Crippen LogP contribution in [0.3, 0.4) is 0 Å². The molecule has 3 saturated carbocycles.